The molecule has 2 aromatic rings. The van der Waals surface area contributed by atoms with Gasteiger partial charge in [-0.25, -0.2) is 0 Å². The molecule has 112 valence electrons. The molecule has 0 radical (unpaired) electrons. The lowest BCUT2D eigenvalue weighted by Crippen LogP contribution is -2.20. The second-order valence-corrected chi connectivity index (χ2v) is 5.92. The van der Waals surface area contributed by atoms with Crippen molar-refractivity contribution in [2.24, 2.45) is 5.73 Å². The highest BCUT2D eigenvalue weighted by atomic mass is 79.9. The van der Waals surface area contributed by atoms with Crippen LogP contribution >= 0.6 is 15.9 Å². The molecule has 0 spiro atoms. The third-order valence-electron chi connectivity index (χ3n) is 3.74. The number of ether oxygens (including phenoxy) is 1. The summed E-state index contributed by atoms with van der Waals surface area (Å²) in [4.78, 5) is 0. The second-order valence-electron chi connectivity index (χ2n) is 5.07. The van der Waals surface area contributed by atoms with Gasteiger partial charge in [-0.15, -0.1) is 0 Å². The molecule has 2 N–H and O–H groups in total. The van der Waals surface area contributed by atoms with Gasteiger partial charge in [0.1, 0.15) is 5.75 Å². The normalized spacial score (nSPS) is 13.7. The van der Waals surface area contributed by atoms with E-state index in [-0.39, 0.29) is 6.04 Å². The fraction of sp³-hybridized carbons (Fsp3) is 0.333. The van der Waals surface area contributed by atoms with Crippen molar-refractivity contribution in [2.45, 2.75) is 32.2 Å². The number of hydrogen-bond acceptors (Lipinski definition) is 2. The zero-order valence-electron chi connectivity index (χ0n) is 12.6. The summed E-state index contributed by atoms with van der Waals surface area (Å²) in [6, 6.07) is 16.5. The first kappa shape index (κ1) is 16.1. The largest absolute Gasteiger partial charge is 0.494 e. The Morgan fingerprint density at radius 2 is 1.81 bits per heavy atom. The van der Waals surface area contributed by atoms with Gasteiger partial charge in [0.25, 0.3) is 0 Å². The molecule has 0 aromatic heterocycles. The molecule has 0 bridgehead atoms. The van der Waals surface area contributed by atoms with E-state index < -0.39 is 0 Å². The Morgan fingerprint density at radius 3 is 2.38 bits per heavy atom. The average molecular weight is 348 g/mol. The molecular formula is C18H22BrNO. The van der Waals surface area contributed by atoms with Gasteiger partial charge in [0.15, 0.2) is 0 Å². The monoisotopic (exact) mass is 347 g/mol. The first-order chi connectivity index (χ1) is 10.2. The van der Waals surface area contributed by atoms with Gasteiger partial charge in [0.2, 0.25) is 0 Å². The van der Waals surface area contributed by atoms with Crippen molar-refractivity contribution in [3.63, 3.8) is 0 Å². The number of rotatable bonds is 6. The van der Waals surface area contributed by atoms with Gasteiger partial charge < -0.3 is 10.5 Å². The number of nitrogens with two attached hydrogens (primary N) is 1. The van der Waals surface area contributed by atoms with Crippen LogP contribution in [-0.4, -0.2) is 6.61 Å². The highest BCUT2D eigenvalue weighted by molar-refractivity contribution is 9.10. The van der Waals surface area contributed by atoms with Crippen molar-refractivity contribution >= 4 is 15.9 Å². The van der Waals surface area contributed by atoms with E-state index in [0.29, 0.717) is 12.5 Å². The van der Waals surface area contributed by atoms with Crippen LogP contribution in [0.5, 0.6) is 5.75 Å². The molecule has 0 fully saturated rings. The summed E-state index contributed by atoms with van der Waals surface area (Å²) in [6.07, 6.45) is 1.00. The van der Waals surface area contributed by atoms with Gasteiger partial charge >= 0.3 is 0 Å². The Balaban J connectivity index is 2.27. The van der Waals surface area contributed by atoms with E-state index in [0.717, 1.165) is 22.2 Å². The van der Waals surface area contributed by atoms with Gasteiger partial charge in [-0.3, -0.25) is 0 Å². The summed E-state index contributed by atoms with van der Waals surface area (Å²) in [6.45, 7) is 4.83. The number of benzene rings is 2. The van der Waals surface area contributed by atoms with Crippen molar-refractivity contribution in [3.8, 4) is 5.75 Å². The molecule has 0 saturated carbocycles. The zero-order valence-corrected chi connectivity index (χ0v) is 14.1. The highest BCUT2D eigenvalue weighted by Gasteiger charge is 2.21. The molecule has 0 aliphatic rings. The Labute approximate surface area is 135 Å². The van der Waals surface area contributed by atoms with E-state index in [9.17, 15) is 0 Å². The van der Waals surface area contributed by atoms with Crippen LogP contribution in [0.2, 0.25) is 0 Å². The van der Waals surface area contributed by atoms with E-state index in [1.54, 1.807) is 0 Å². The van der Waals surface area contributed by atoms with E-state index in [2.05, 4.69) is 53.2 Å². The lowest BCUT2D eigenvalue weighted by atomic mass is 9.86. The molecule has 3 heteroatoms. The highest BCUT2D eigenvalue weighted by Crippen LogP contribution is 2.36. The maximum absolute atomic E-state index is 6.54. The van der Waals surface area contributed by atoms with E-state index in [1.807, 2.05) is 25.1 Å². The summed E-state index contributed by atoms with van der Waals surface area (Å²) in [5.41, 5.74) is 8.94. The lowest BCUT2D eigenvalue weighted by Gasteiger charge is -2.24. The van der Waals surface area contributed by atoms with Crippen molar-refractivity contribution in [1.29, 1.82) is 0 Å². The van der Waals surface area contributed by atoms with Crippen LogP contribution in [0.15, 0.2) is 53.0 Å². The van der Waals surface area contributed by atoms with Crippen LogP contribution in [0.1, 0.15) is 43.4 Å². The minimum absolute atomic E-state index is 0.0394. The van der Waals surface area contributed by atoms with Crippen LogP contribution < -0.4 is 10.5 Å². The summed E-state index contributed by atoms with van der Waals surface area (Å²) in [7, 11) is 0. The number of hydrogen-bond donors (Lipinski definition) is 1. The van der Waals surface area contributed by atoms with Crippen LogP contribution in [0.25, 0.3) is 0 Å². The SMILES string of the molecule is CCOc1ccc(C(N)C(CC)c2ccccc2)c(Br)c1. The first-order valence-corrected chi connectivity index (χ1v) is 8.19. The molecule has 2 atom stereocenters. The van der Waals surface area contributed by atoms with Crippen LogP contribution in [0.4, 0.5) is 0 Å². The summed E-state index contributed by atoms with van der Waals surface area (Å²) < 4.78 is 6.53. The molecule has 0 amide bonds. The Bertz CT molecular complexity index is 571. The molecule has 21 heavy (non-hydrogen) atoms. The maximum Gasteiger partial charge on any atom is 0.120 e. The molecule has 2 rings (SSSR count). The lowest BCUT2D eigenvalue weighted by molar-refractivity contribution is 0.340. The van der Waals surface area contributed by atoms with Gasteiger partial charge in [0, 0.05) is 16.4 Å². The second kappa shape index (κ2) is 7.62. The molecular weight excluding hydrogens is 326 g/mol. The zero-order chi connectivity index (χ0) is 15.2. The standard InChI is InChI=1S/C18H22BrNO/c1-3-15(13-8-6-5-7-9-13)18(20)16-11-10-14(21-4-2)12-17(16)19/h5-12,15,18H,3-4,20H2,1-2H3. The predicted molar refractivity (Wildman–Crippen MR) is 91.7 cm³/mol. The topological polar surface area (TPSA) is 35.2 Å². The van der Waals surface area contributed by atoms with E-state index in [1.165, 1.54) is 5.56 Å². The fourth-order valence-electron chi connectivity index (χ4n) is 2.65. The third-order valence-corrected chi connectivity index (χ3v) is 4.43. The number of halogens is 1. The minimum atomic E-state index is -0.0394. The Hall–Kier alpha value is -1.32. The Morgan fingerprint density at radius 1 is 1.10 bits per heavy atom. The summed E-state index contributed by atoms with van der Waals surface area (Å²) in [5, 5.41) is 0. The van der Waals surface area contributed by atoms with Gasteiger partial charge in [-0.2, -0.15) is 0 Å². The smallest absolute Gasteiger partial charge is 0.120 e. The van der Waals surface area contributed by atoms with E-state index in [4.69, 9.17) is 10.5 Å². The fourth-order valence-corrected chi connectivity index (χ4v) is 3.27. The summed E-state index contributed by atoms with van der Waals surface area (Å²) >= 11 is 3.63. The minimum Gasteiger partial charge on any atom is -0.494 e. The van der Waals surface area contributed by atoms with Gasteiger partial charge in [-0.1, -0.05) is 59.3 Å². The van der Waals surface area contributed by atoms with Gasteiger partial charge in [0.05, 0.1) is 6.61 Å². The molecule has 2 nitrogen and oxygen atoms in total. The average Bonchev–Trinajstić information content (AvgIpc) is 2.49. The molecule has 0 saturated heterocycles. The van der Waals surface area contributed by atoms with Crippen LogP contribution in [0, 0.1) is 0 Å². The maximum atomic E-state index is 6.54. The van der Waals surface area contributed by atoms with Crippen LogP contribution in [-0.2, 0) is 0 Å². The summed E-state index contributed by atoms with van der Waals surface area (Å²) in [5.74, 6) is 1.17. The molecule has 0 aliphatic heterocycles. The van der Waals surface area contributed by atoms with Crippen molar-refractivity contribution < 1.29 is 4.74 Å². The van der Waals surface area contributed by atoms with Crippen molar-refractivity contribution in [2.75, 3.05) is 6.61 Å². The molecule has 2 unspecified atom stereocenters. The molecule has 2 aromatic carbocycles. The van der Waals surface area contributed by atoms with Crippen molar-refractivity contribution in [3.05, 3.63) is 64.1 Å². The van der Waals surface area contributed by atoms with Gasteiger partial charge in [-0.05, 0) is 36.6 Å². The Kier molecular flexibility index (Phi) is 5.83. The first-order valence-electron chi connectivity index (χ1n) is 7.40. The van der Waals surface area contributed by atoms with Crippen LogP contribution in [0.3, 0.4) is 0 Å². The quantitative estimate of drug-likeness (QED) is 0.794. The molecule has 0 aliphatic carbocycles. The van der Waals surface area contributed by atoms with E-state index >= 15 is 0 Å². The van der Waals surface area contributed by atoms with Crippen molar-refractivity contribution in [1.82, 2.24) is 0 Å². The molecule has 0 heterocycles. The third kappa shape index (κ3) is 3.86. The predicted octanol–water partition coefficient (Wildman–Crippen LogP) is 5.04.